The molecule has 24 heavy (non-hydrogen) atoms. The first-order chi connectivity index (χ1) is 11.6. The lowest BCUT2D eigenvalue weighted by Gasteiger charge is -2.16. The molecule has 0 saturated heterocycles. The van der Waals surface area contributed by atoms with E-state index in [2.05, 4.69) is 5.32 Å². The van der Waals surface area contributed by atoms with E-state index < -0.39 is 12.0 Å². The molecule has 0 aromatic heterocycles. The Morgan fingerprint density at radius 1 is 1.04 bits per heavy atom. The summed E-state index contributed by atoms with van der Waals surface area (Å²) in [5.74, 6) is -0.483. The van der Waals surface area contributed by atoms with Crippen molar-refractivity contribution in [3.8, 4) is 5.75 Å². The van der Waals surface area contributed by atoms with Gasteiger partial charge in [-0.3, -0.25) is 4.79 Å². The summed E-state index contributed by atoms with van der Waals surface area (Å²) in [4.78, 5) is 24.0. The van der Waals surface area contributed by atoms with Crippen LogP contribution in [0.25, 0.3) is 0 Å². The van der Waals surface area contributed by atoms with Gasteiger partial charge in [0.25, 0.3) is 0 Å². The number of amides is 1. The van der Waals surface area contributed by atoms with Crippen LogP contribution < -0.4 is 5.32 Å². The molecule has 0 aliphatic heterocycles. The summed E-state index contributed by atoms with van der Waals surface area (Å²) < 4.78 is 4.78. The number of hydrogen-bond donors (Lipinski definition) is 2. The van der Waals surface area contributed by atoms with Crippen LogP contribution in [0.4, 0.5) is 0 Å². The van der Waals surface area contributed by atoms with Gasteiger partial charge >= 0.3 is 5.97 Å². The molecular formula is C19H21NO4. The van der Waals surface area contributed by atoms with Gasteiger partial charge in [0.1, 0.15) is 11.8 Å². The highest BCUT2D eigenvalue weighted by molar-refractivity contribution is 5.84. The number of nitrogens with one attached hydrogen (secondary N) is 1. The quantitative estimate of drug-likeness (QED) is 0.765. The molecule has 5 nitrogen and oxygen atoms in total. The number of phenols is 1. The Bertz CT molecular complexity index is 668. The Hall–Kier alpha value is -2.82. The van der Waals surface area contributed by atoms with Crippen molar-refractivity contribution in [2.45, 2.75) is 25.3 Å². The second kappa shape index (κ2) is 8.72. The first-order valence-electron chi connectivity index (χ1n) is 7.77. The number of hydrogen-bond acceptors (Lipinski definition) is 4. The minimum absolute atomic E-state index is 0.191. The third-order valence-electron chi connectivity index (χ3n) is 3.68. The average molecular weight is 327 g/mol. The van der Waals surface area contributed by atoms with Crippen molar-refractivity contribution >= 4 is 11.9 Å². The maximum atomic E-state index is 12.1. The summed E-state index contributed by atoms with van der Waals surface area (Å²) in [6, 6.07) is 15.5. The van der Waals surface area contributed by atoms with Crippen molar-refractivity contribution in [2.75, 3.05) is 7.11 Å². The van der Waals surface area contributed by atoms with E-state index in [1.807, 2.05) is 30.3 Å². The summed E-state index contributed by atoms with van der Waals surface area (Å²) in [5.41, 5.74) is 1.90. The Morgan fingerprint density at radius 3 is 2.33 bits per heavy atom. The molecule has 2 N–H and O–H groups in total. The second-order valence-corrected chi connectivity index (χ2v) is 5.50. The Balaban J connectivity index is 1.91. The molecule has 1 amide bonds. The highest BCUT2D eigenvalue weighted by Crippen LogP contribution is 2.11. The van der Waals surface area contributed by atoms with Crippen LogP contribution in [0.3, 0.4) is 0 Å². The number of benzene rings is 2. The maximum absolute atomic E-state index is 12.1. The molecule has 0 fully saturated rings. The second-order valence-electron chi connectivity index (χ2n) is 5.50. The zero-order valence-electron chi connectivity index (χ0n) is 13.6. The number of carbonyl (C=O) groups is 2. The highest BCUT2D eigenvalue weighted by atomic mass is 16.5. The number of carbonyl (C=O) groups excluding carboxylic acids is 2. The molecule has 5 heteroatoms. The van der Waals surface area contributed by atoms with Gasteiger partial charge in [-0.1, -0.05) is 42.5 Å². The molecular weight excluding hydrogens is 306 g/mol. The lowest BCUT2D eigenvalue weighted by atomic mass is 10.1. The zero-order valence-corrected chi connectivity index (χ0v) is 13.6. The van der Waals surface area contributed by atoms with Crippen LogP contribution in [0.2, 0.25) is 0 Å². The third kappa shape index (κ3) is 5.43. The van der Waals surface area contributed by atoms with Crippen LogP contribution in [0.5, 0.6) is 5.75 Å². The number of esters is 1. The molecule has 0 heterocycles. The van der Waals surface area contributed by atoms with Crippen LogP contribution in [0.1, 0.15) is 17.5 Å². The predicted molar refractivity (Wildman–Crippen MR) is 90.5 cm³/mol. The molecule has 0 spiro atoms. The van der Waals surface area contributed by atoms with Crippen molar-refractivity contribution in [1.29, 1.82) is 0 Å². The van der Waals surface area contributed by atoms with Crippen LogP contribution >= 0.6 is 0 Å². The Morgan fingerprint density at radius 2 is 1.71 bits per heavy atom. The SMILES string of the molecule is COC(=O)[C@H](Cc1ccccc1)NC(=O)CCc1ccc(O)cc1. The summed E-state index contributed by atoms with van der Waals surface area (Å²) in [5, 5.41) is 12.0. The third-order valence-corrected chi connectivity index (χ3v) is 3.68. The Kier molecular flexibility index (Phi) is 6.37. The average Bonchev–Trinajstić information content (AvgIpc) is 2.61. The van der Waals surface area contributed by atoms with E-state index in [4.69, 9.17) is 4.74 Å². The summed E-state index contributed by atoms with van der Waals surface area (Å²) in [7, 11) is 1.31. The van der Waals surface area contributed by atoms with Gasteiger partial charge in [-0.25, -0.2) is 4.79 Å². The molecule has 2 aromatic rings. The van der Waals surface area contributed by atoms with E-state index in [1.165, 1.54) is 7.11 Å². The van der Waals surface area contributed by atoms with Gasteiger partial charge in [0.15, 0.2) is 0 Å². The van der Waals surface area contributed by atoms with Crippen molar-refractivity contribution in [2.24, 2.45) is 0 Å². The van der Waals surface area contributed by atoms with E-state index in [0.29, 0.717) is 12.8 Å². The smallest absolute Gasteiger partial charge is 0.328 e. The van der Waals surface area contributed by atoms with E-state index in [9.17, 15) is 14.7 Å². The fraction of sp³-hybridized carbons (Fsp3) is 0.263. The number of aryl methyl sites for hydroxylation is 1. The van der Waals surface area contributed by atoms with E-state index in [-0.39, 0.29) is 18.1 Å². The lowest BCUT2D eigenvalue weighted by Crippen LogP contribution is -2.43. The normalized spacial score (nSPS) is 11.5. The summed E-state index contributed by atoms with van der Waals surface area (Å²) in [6.45, 7) is 0. The van der Waals surface area contributed by atoms with Crippen molar-refractivity contribution in [1.82, 2.24) is 5.32 Å². The summed E-state index contributed by atoms with van der Waals surface area (Å²) >= 11 is 0. The van der Waals surface area contributed by atoms with Gasteiger partial charge in [-0.15, -0.1) is 0 Å². The number of ether oxygens (including phenoxy) is 1. The molecule has 0 bridgehead atoms. The first-order valence-corrected chi connectivity index (χ1v) is 7.77. The highest BCUT2D eigenvalue weighted by Gasteiger charge is 2.21. The van der Waals surface area contributed by atoms with Crippen molar-refractivity contribution in [3.63, 3.8) is 0 Å². The van der Waals surface area contributed by atoms with Crippen LogP contribution in [-0.4, -0.2) is 30.1 Å². The van der Waals surface area contributed by atoms with Gasteiger partial charge in [-0.05, 0) is 29.7 Å². The molecule has 0 aliphatic carbocycles. The molecule has 126 valence electrons. The molecule has 0 saturated carbocycles. The van der Waals surface area contributed by atoms with E-state index in [0.717, 1.165) is 11.1 Å². The summed E-state index contributed by atoms with van der Waals surface area (Å²) in [6.07, 6.45) is 1.18. The number of methoxy groups -OCH3 is 1. The van der Waals surface area contributed by atoms with Gasteiger partial charge in [0.05, 0.1) is 7.11 Å². The first kappa shape index (κ1) is 17.5. The Labute approximate surface area is 141 Å². The minimum Gasteiger partial charge on any atom is -0.508 e. The minimum atomic E-state index is -0.704. The van der Waals surface area contributed by atoms with Gasteiger partial charge < -0.3 is 15.2 Å². The molecule has 0 unspecified atom stereocenters. The predicted octanol–water partition coefficient (Wildman–Crippen LogP) is 2.23. The molecule has 2 rings (SSSR count). The van der Waals surface area contributed by atoms with Gasteiger partial charge in [0, 0.05) is 12.8 Å². The van der Waals surface area contributed by atoms with Crippen molar-refractivity contribution in [3.05, 3.63) is 65.7 Å². The van der Waals surface area contributed by atoms with Crippen molar-refractivity contribution < 1.29 is 19.4 Å². The molecule has 0 aliphatic rings. The van der Waals surface area contributed by atoms with Gasteiger partial charge in [0.2, 0.25) is 5.91 Å². The number of phenolic OH excluding ortho intramolecular Hbond substituents is 1. The molecule has 0 radical (unpaired) electrons. The zero-order chi connectivity index (χ0) is 17.4. The number of rotatable bonds is 7. The van der Waals surface area contributed by atoms with Crippen LogP contribution in [0.15, 0.2) is 54.6 Å². The maximum Gasteiger partial charge on any atom is 0.328 e. The molecule has 2 aromatic carbocycles. The monoisotopic (exact) mass is 327 g/mol. The van der Waals surface area contributed by atoms with Gasteiger partial charge in [-0.2, -0.15) is 0 Å². The number of aromatic hydroxyl groups is 1. The van der Waals surface area contributed by atoms with Crippen LogP contribution in [-0.2, 0) is 27.2 Å². The van der Waals surface area contributed by atoms with E-state index >= 15 is 0 Å². The standard InChI is InChI=1S/C19H21NO4/c1-24-19(23)17(13-15-5-3-2-4-6-15)20-18(22)12-9-14-7-10-16(21)11-8-14/h2-8,10-11,17,21H,9,12-13H2,1H3,(H,20,22)/t17-/m0/s1. The fourth-order valence-electron chi connectivity index (χ4n) is 2.37. The topological polar surface area (TPSA) is 75.6 Å². The fourth-order valence-corrected chi connectivity index (χ4v) is 2.37. The lowest BCUT2D eigenvalue weighted by molar-refractivity contribution is -0.145. The molecule has 1 atom stereocenters. The van der Waals surface area contributed by atoms with E-state index in [1.54, 1.807) is 24.3 Å². The van der Waals surface area contributed by atoms with Crippen LogP contribution in [0, 0.1) is 0 Å². The largest absolute Gasteiger partial charge is 0.508 e.